The normalized spacial score (nSPS) is 11.9. The van der Waals surface area contributed by atoms with Crippen LogP contribution in [0.5, 0.6) is 5.75 Å². The van der Waals surface area contributed by atoms with E-state index < -0.39 is 17.5 Å². The molecule has 0 bridgehead atoms. The molecule has 6 heteroatoms. The van der Waals surface area contributed by atoms with Crippen molar-refractivity contribution >= 4 is 33.5 Å². The summed E-state index contributed by atoms with van der Waals surface area (Å²) in [5.74, 6) is -1.27. The number of Topliss-reactive ketones (excluding diaryl/α,β-unsaturated/α-hetero) is 1. The third-order valence-corrected chi connectivity index (χ3v) is 5.31. The predicted molar refractivity (Wildman–Crippen MR) is 117 cm³/mol. The van der Waals surface area contributed by atoms with E-state index in [2.05, 4.69) is 0 Å². The number of fused-ring (bicyclic) bond motifs is 2. The molecule has 1 atom stereocenters. The monoisotopic (exact) mass is 416 g/mol. The molecule has 4 rings (SSSR count). The minimum absolute atomic E-state index is 0.143. The number of hydrogen-bond donors (Lipinski definition) is 0. The highest BCUT2D eigenvalue weighted by Crippen LogP contribution is 2.31. The second kappa shape index (κ2) is 8.44. The van der Waals surface area contributed by atoms with E-state index in [9.17, 15) is 14.4 Å². The summed E-state index contributed by atoms with van der Waals surface area (Å²) in [5, 5.41) is 2.49. The topological polar surface area (TPSA) is 82.8 Å². The Morgan fingerprint density at radius 2 is 1.71 bits per heavy atom. The number of esters is 1. The van der Waals surface area contributed by atoms with Gasteiger partial charge in [-0.15, -0.1) is 0 Å². The molecule has 0 fully saturated rings. The maximum atomic E-state index is 13.1. The van der Waals surface area contributed by atoms with Crippen LogP contribution < -0.4 is 10.4 Å². The van der Waals surface area contributed by atoms with Crippen LogP contribution in [0, 0.1) is 0 Å². The predicted octanol–water partition coefficient (Wildman–Crippen LogP) is 4.48. The molecule has 156 valence electrons. The zero-order valence-corrected chi connectivity index (χ0v) is 17.1. The van der Waals surface area contributed by atoms with E-state index in [1.165, 1.54) is 20.3 Å². The minimum Gasteiger partial charge on any atom is -0.497 e. The Kier molecular flexibility index (Phi) is 5.54. The van der Waals surface area contributed by atoms with Crippen molar-refractivity contribution in [3.8, 4) is 5.75 Å². The third kappa shape index (κ3) is 4.05. The number of benzene rings is 3. The lowest BCUT2D eigenvalue weighted by atomic mass is 9.89. The van der Waals surface area contributed by atoms with Crippen molar-refractivity contribution < 1.29 is 23.5 Å². The molecule has 1 heterocycles. The Morgan fingerprint density at radius 1 is 0.935 bits per heavy atom. The molecule has 0 amide bonds. The van der Waals surface area contributed by atoms with Gasteiger partial charge in [-0.05, 0) is 34.5 Å². The zero-order valence-electron chi connectivity index (χ0n) is 17.1. The van der Waals surface area contributed by atoms with Crippen molar-refractivity contribution in [1.29, 1.82) is 0 Å². The molecule has 0 saturated heterocycles. The number of ketones is 1. The molecule has 1 aromatic heterocycles. The number of methoxy groups -OCH3 is 2. The van der Waals surface area contributed by atoms with E-state index in [0.29, 0.717) is 22.3 Å². The fourth-order valence-electron chi connectivity index (χ4n) is 3.71. The van der Waals surface area contributed by atoms with Gasteiger partial charge < -0.3 is 13.9 Å². The van der Waals surface area contributed by atoms with Gasteiger partial charge in [0.15, 0.2) is 5.78 Å². The van der Waals surface area contributed by atoms with Gasteiger partial charge in [0.05, 0.1) is 20.1 Å². The van der Waals surface area contributed by atoms with Crippen LogP contribution in [-0.2, 0) is 9.53 Å². The first-order chi connectivity index (χ1) is 15.0. The lowest BCUT2D eigenvalue weighted by molar-refractivity contribution is -0.142. The largest absolute Gasteiger partial charge is 0.497 e. The van der Waals surface area contributed by atoms with Crippen LogP contribution in [0.2, 0.25) is 0 Å². The fraction of sp³-hybridized carbons (Fsp3) is 0.160. The molecule has 6 nitrogen and oxygen atoms in total. The van der Waals surface area contributed by atoms with Crippen LogP contribution in [-0.4, -0.2) is 26.0 Å². The molecule has 0 aliphatic carbocycles. The molecule has 1 unspecified atom stereocenters. The first-order valence-corrected chi connectivity index (χ1v) is 9.72. The average molecular weight is 416 g/mol. The Bertz CT molecular complexity index is 1350. The minimum atomic E-state index is -0.955. The molecule has 0 saturated carbocycles. The SMILES string of the molecule is COC(=O)C(CC(=O)c1ccc2ccccc2c1)c1cc(=O)oc2cc(OC)ccc12. The molecule has 0 spiro atoms. The van der Waals surface area contributed by atoms with Crippen LogP contribution in [0.25, 0.3) is 21.7 Å². The summed E-state index contributed by atoms with van der Waals surface area (Å²) < 4.78 is 15.4. The molecule has 0 aliphatic heterocycles. The van der Waals surface area contributed by atoms with Gasteiger partial charge in [0.25, 0.3) is 0 Å². The van der Waals surface area contributed by atoms with Crippen molar-refractivity contribution in [3.63, 3.8) is 0 Å². The van der Waals surface area contributed by atoms with Crippen LogP contribution in [0.1, 0.15) is 28.3 Å². The van der Waals surface area contributed by atoms with Crippen molar-refractivity contribution in [2.24, 2.45) is 0 Å². The molecule has 0 radical (unpaired) electrons. The van der Waals surface area contributed by atoms with Gasteiger partial charge in [-0.25, -0.2) is 4.79 Å². The number of hydrogen-bond acceptors (Lipinski definition) is 6. The van der Waals surface area contributed by atoms with E-state index >= 15 is 0 Å². The van der Waals surface area contributed by atoms with E-state index in [1.807, 2.05) is 30.3 Å². The first kappa shape index (κ1) is 20.3. The molecule has 31 heavy (non-hydrogen) atoms. The molecule has 4 aromatic rings. The van der Waals surface area contributed by atoms with E-state index in [1.54, 1.807) is 30.3 Å². The summed E-state index contributed by atoms with van der Waals surface area (Å²) >= 11 is 0. The quantitative estimate of drug-likeness (QED) is 0.262. The Balaban J connectivity index is 1.76. The highest BCUT2D eigenvalue weighted by atomic mass is 16.5. The van der Waals surface area contributed by atoms with Crippen LogP contribution in [0.3, 0.4) is 0 Å². The number of carbonyl (C=O) groups excluding carboxylic acids is 2. The summed E-state index contributed by atoms with van der Waals surface area (Å²) in [6.45, 7) is 0. The highest BCUT2D eigenvalue weighted by molar-refractivity contribution is 6.03. The maximum Gasteiger partial charge on any atom is 0.336 e. The van der Waals surface area contributed by atoms with E-state index in [-0.39, 0.29) is 17.8 Å². The van der Waals surface area contributed by atoms with Gasteiger partial charge in [0, 0.05) is 29.5 Å². The molecule has 3 aromatic carbocycles. The Hall–Kier alpha value is -3.93. The maximum absolute atomic E-state index is 13.1. The van der Waals surface area contributed by atoms with Crippen molar-refractivity contribution in [2.45, 2.75) is 12.3 Å². The second-order valence-electron chi connectivity index (χ2n) is 7.15. The number of carbonyl (C=O) groups is 2. The molecule has 0 aliphatic rings. The summed E-state index contributed by atoms with van der Waals surface area (Å²) in [7, 11) is 2.76. The second-order valence-corrected chi connectivity index (χ2v) is 7.15. The first-order valence-electron chi connectivity index (χ1n) is 9.72. The van der Waals surface area contributed by atoms with E-state index in [4.69, 9.17) is 13.9 Å². The molecular formula is C25H20O6. The van der Waals surface area contributed by atoms with E-state index in [0.717, 1.165) is 10.8 Å². The Labute approximate surface area is 178 Å². The standard InChI is InChI=1S/C25H20O6/c1-29-18-9-10-19-20(14-24(27)31-23(19)12-18)21(25(28)30-2)13-22(26)17-8-7-15-5-3-4-6-16(15)11-17/h3-12,14,21H,13H2,1-2H3. The van der Waals surface area contributed by atoms with Crippen LogP contribution in [0.4, 0.5) is 0 Å². The van der Waals surface area contributed by atoms with Gasteiger partial charge >= 0.3 is 11.6 Å². The van der Waals surface area contributed by atoms with Gasteiger partial charge in [-0.1, -0.05) is 36.4 Å². The van der Waals surface area contributed by atoms with Crippen molar-refractivity contribution in [2.75, 3.05) is 14.2 Å². The summed E-state index contributed by atoms with van der Waals surface area (Å²) in [6.07, 6.45) is -0.143. The van der Waals surface area contributed by atoms with Gasteiger partial charge in [-0.2, -0.15) is 0 Å². The van der Waals surface area contributed by atoms with Crippen LogP contribution in [0.15, 0.2) is 75.9 Å². The van der Waals surface area contributed by atoms with Crippen LogP contribution >= 0.6 is 0 Å². The lowest BCUT2D eigenvalue weighted by Gasteiger charge is -2.16. The van der Waals surface area contributed by atoms with Gasteiger partial charge in [0.2, 0.25) is 0 Å². The fourth-order valence-corrected chi connectivity index (χ4v) is 3.71. The molecule has 0 N–H and O–H groups in total. The lowest BCUT2D eigenvalue weighted by Crippen LogP contribution is -2.20. The summed E-state index contributed by atoms with van der Waals surface area (Å²) in [4.78, 5) is 37.9. The number of ether oxygens (including phenoxy) is 2. The van der Waals surface area contributed by atoms with Gasteiger partial charge in [-0.3, -0.25) is 9.59 Å². The summed E-state index contributed by atoms with van der Waals surface area (Å²) in [6, 6.07) is 19.3. The smallest absolute Gasteiger partial charge is 0.336 e. The molecular weight excluding hydrogens is 396 g/mol. The zero-order chi connectivity index (χ0) is 22.0. The van der Waals surface area contributed by atoms with Gasteiger partial charge in [0.1, 0.15) is 11.3 Å². The third-order valence-electron chi connectivity index (χ3n) is 5.31. The van der Waals surface area contributed by atoms with Crippen molar-refractivity contribution in [3.05, 3.63) is 88.3 Å². The average Bonchev–Trinajstić information content (AvgIpc) is 2.80. The van der Waals surface area contributed by atoms with Crippen molar-refractivity contribution in [1.82, 2.24) is 0 Å². The number of rotatable bonds is 6. The summed E-state index contributed by atoms with van der Waals surface area (Å²) in [5.41, 5.74) is 0.521. The highest BCUT2D eigenvalue weighted by Gasteiger charge is 2.28. The Morgan fingerprint density at radius 3 is 2.45 bits per heavy atom.